The van der Waals surface area contributed by atoms with Crippen LogP contribution in [0, 0.1) is 0 Å². The van der Waals surface area contributed by atoms with Crippen molar-refractivity contribution in [3.05, 3.63) is 30.3 Å². The molecule has 3 aliphatic rings. The van der Waals surface area contributed by atoms with E-state index in [1.807, 2.05) is 22.7 Å². The maximum absolute atomic E-state index is 12.5. The second-order valence-corrected chi connectivity index (χ2v) is 8.84. The second-order valence-electron chi connectivity index (χ2n) is 7.57. The average molecular weight is 389 g/mol. The lowest BCUT2D eigenvalue weighted by Gasteiger charge is -2.36. The minimum absolute atomic E-state index is 0.0277. The number of nitrogens with one attached hydrogen (secondary N) is 2. The zero-order valence-electron chi connectivity index (χ0n) is 15.6. The SMILES string of the molecule is O=C1N[C@H]2[C@@H](CS[C@@H]2CCCCC(=O)N2CCN(c3ccccc3)CC2)N1. The minimum Gasteiger partial charge on any atom is -0.368 e. The van der Waals surface area contributed by atoms with Crippen LogP contribution in [0.2, 0.25) is 0 Å². The Morgan fingerprint density at radius 2 is 1.85 bits per heavy atom. The van der Waals surface area contributed by atoms with Crippen molar-refractivity contribution in [2.75, 3.05) is 36.8 Å². The van der Waals surface area contributed by atoms with Crippen LogP contribution in [0.3, 0.4) is 0 Å². The van der Waals surface area contributed by atoms with Gasteiger partial charge >= 0.3 is 6.03 Å². The number of carbonyl (C=O) groups excluding carboxylic acids is 2. The molecule has 27 heavy (non-hydrogen) atoms. The van der Waals surface area contributed by atoms with Gasteiger partial charge in [-0.05, 0) is 25.0 Å². The van der Waals surface area contributed by atoms with Crippen molar-refractivity contribution >= 4 is 29.4 Å². The Kier molecular flexibility index (Phi) is 5.76. The van der Waals surface area contributed by atoms with E-state index in [1.165, 1.54) is 5.69 Å². The predicted molar refractivity (Wildman–Crippen MR) is 109 cm³/mol. The molecule has 1 aromatic rings. The number of thioether (sulfide) groups is 1. The average Bonchev–Trinajstić information content (AvgIpc) is 3.25. The lowest BCUT2D eigenvalue weighted by Crippen LogP contribution is -2.48. The summed E-state index contributed by atoms with van der Waals surface area (Å²) in [6.07, 6.45) is 3.70. The lowest BCUT2D eigenvalue weighted by atomic mass is 10.0. The zero-order chi connectivity index (χ0) is 18.6. The van der Waals surface area contributed by atoms with E-state index < -0.39 is 0 Å². The number of amides is 3. The largest absolute Gasteiger partial charge is 0.368 e. The molecule has 0 saturated carbocycles. The van der Waals surface area contributed by atoms with Crippen LogP contribution in [-0.2, 0) is 4.79 Å². The molecule has 1 aromatic carbocycles. The summed E-state index contributed by atoms with van der Waals surface area (Å²) in [5.74, 6) is 1.29. The summed E-state index contributed by atoms with van der Waals surface area (Å²) in [6.45, 7) is 3.44. The summed E-state index contributed by atoms with van der Waals surface area (Å²) in [5.41, 5.74) is 1.24. The van der Waals surface area contributed by atoms with E-state index in [0.717, 1.165) is 51.2 Å². The van der Waals surface area contributed by atoms with Crippen molar-refractivity contribution in [1.82, 2.24) is 15.5 Å². The van der Waals surface area contributed by atoms with Crippen LogP contribution < -0.4 is 15.5 Å². The van der Waals surface area contributed by atoms with Crippen LogP contribution in [0.4, 0.5) is 10.5 Å². The number of carbonyl (C=O) groups is 2. The Hall–Kier alpha value is -1.89. The summed E-state index contributed by atoms with van der Waals surface area (Å²) >= 11 is 1.94. The fraction of sp³-hybridized carbons (Fsp3) is 0.600. The number of nitrogens with zero attached hydrogens (tertiary/aromatic N) is 2. The molecule has 2 N–H and O–H groups in total. The number of benzene rings is 1. The molecule has 3 aliphatic heterocycles. The molecule has 0 bridgehead atoms. The number of urea groups is 1. The number of anilines is 1. The molecule has 3 amide bonds. The van der Waals surface area contributed by atoms with Crippen molar-refractivity contribution in [2.45, 2.75) is 43.0 Å². The minimum atomic E-state index is -0.0277. The molecule has 4 rings (SSSR count). The number of unbranched alkanes of at least 4 members (excludes halogenated alkanes) is 1. The third-order valence-corrected chi connectivity index (χ3v) is 7.33. The molecule has 0 radical (unpaired) electrons. The van der Waals surface area contributed by atoms with Crippen molar-refractivity contribution < 1.29 is 9.59 Å². The highest BCUT2D eigenvalue weighted by atomic mass is 32.2. The Labute approximate surface area is 165 Å². The van der Waals surface area contributed by atoms with Gasteiger partial charge in [-0.2, -0.15) is 11.8 Å². The zero-order valence-corrected chi connectivity index (χ0v) is 16.4. The number of para-hydroxylation sites is 1. The van der Waals surface area contributed by atoms with Gasteiger partial charge in [-0.1, -0.05) is 24.6 Å². The Balaban J connectivity index is 1.14. The van der Waals surface area contributed by atoms with E-state index in [2.05, 4.69) is 39.8 Å². The maximum atomic E-state index is 12.5. The first-order chi connectivity index (χ1) is 13.2. The first kappa shape index (κ1) is 18.5. The monoisotopic (exact) mass is 388 g/mol. The summed E-state index contributed by atoms with van der Waals surface area (Å²) < 4.78 is 0. The number of rotatable bonds is 6. The van der Waals surface area contributed by atoms with Crippen LogP contribution in [-0.4, -0.2) is 66.1 Å². The highest BCUT2D eigenvalue weighted by Gasteiger charge is 2.42. The van der Waals surface area contributed by atoms with Crippen molar-refractivity contribution in [3.8, 4) is 0 Å². The van der Waals surface area contributed by atoms with Gasteiger partial charge in [-0.15, -0.1) is 0 Å². The lowest BCUT2D eigenvalue weighted by molar-refractivity contribution is -0.131. The molecule has 0 aliphatic carbocycles. The van der Waals surface area contributed by atoms with Gasteiger partial charge in [0.05, 0.1) is 12.1 Å². The third kappa shape index (κ3) is 4.34. The summed E-state index contributed by atoms with van der Waals surface area (Å²) in [5, 5.41) is 6.50. The molecular formula is C20H28N4O2S. The smallest absolute Gasteiger partial charge is 0.315 e. The molecule has 146 valence electrons. The Morgan fingerprint density at radius 1 is 1.07 bits per heavy atom. The van der Waals surface area contributed by atoms with E-state index in [9.17, 15) is 9.59 Å². The Morgan fingerprint density at radius 3 is 2.63 bits per heavy atom. The molecule has 3 saturated heterocycles. The van der Waals surface area contributed by atoms with Crippen molar-refractivity contribution in [2.24, 2.45) is 0 Å². The number of hydrogen-bond acceptors (Lipinski definition) is 4. The fourth-order valence-electron chi connectivity index (χ4n) is 4.28. The molecule has 3 atom stereocenters. The van der Waals surface area contributed by atoms with Gasteiger partial charge in [-0.3, -0.25) is 4.79 Å². The molecule has 0 spiro atoms. The number of piperazine rings is 1. The quantitative estimate of drug-likeness (QED) is 0.578. The van der Waals surface area contributed by atoms with Crippen molar-refractivity contribution in [3.63, 3.8) is 0 Å². The topological polar surface area (TPSA) is 64.7 Å². The molecule has 3 heterocycles. The van der Waals surface area contributed by atoms with Gasteiger partial charge in [0.1, 0.15) is 0 Å². The number of hydrogen-bond donors (Lipinski definition) is 2. The molecule has 7 heteroatoms. The first-order valence-corrected chi connectivity index (χ1v) is 11.0. The highest BCUT2D eigenvalue weighted by Crippen LogP contribution is 2.33. The highest BCUT2D eigenvalue weighted by molar-refractivity contribution is 8.00. The maximum Gasteiger partial charge on any atom is 0.315 e. The molecule has 0 unspecified atom stereocenters. The van der Waals surface area contributed by atoms with Crippen LogP contribution in [0.15, 0.2) is 30.3 Å². The van der Waals surface area contributed by atoms with Gasteiger partial charge in [0.25, 0.3) is 0 Å². The van der Waals surface area contributed by atoms with Crippen molar-refractivity contribution in [1.29, 1.82) is 0 Å². The van der Waals surface area contributed by atoms with Gasteiger partial charge in [0.2, 0.25) is 5.91 Å². The van der Waals surface area contributed by atoms with E-state index in [-0.39, 0.29) is 24.0 Å². The van der Waals surface area contributed by atoms with Gasteiger partial charge in [0, 0.05) is 49.3 Å². The standard InChI is InChI=1S/C20H28N4O2S/c25-18(24-12-10-23(11-13-24)15-6-2-1-3-7-15)9-5-4-8-17-19-16(14-27-17)21-20(26)22-19/h1-3,6-7,16-17,19H,4-5,8-14H2,(H2,21,22,26)/t16-,17-,19+/m1/s1. The third-order valence-electron chi connectivity index (χ3n) is 5.82. The van der Waals surface area contributed by atoms with Crippen LogP contribution >= 0.6 is 11.8 Å². The molecule has 0 aromatic heterocycles. The van der Waals surface area contributed by atoms with E-state index in [0.29, 0.717) is 11.7 Å². The van der Waals surface area contributed by atoms with Gasteiger partial charge in [-0.25, -0.2) is 4.79 Å². The van der Waals surface area contributed by atoms with Crippen LogP contribution in [0.5, 0.6) is 0 Å². The van der Waals surface area contributed by atoms with Crippen LogP contribution in [0.25, 0.3) is 0 Å². The predicted octanol–water partition coefficient (Wildman–Crippen LogP) is 2.06. The summed E-state index contributed by atoms with van der Waals surface area (Å²) in [7, 11) is 0. The fourth-order valence-corrected chi connectivity index (χ4v) is 5.82. The Bertz CT molecular complexity index is 663. The van der Waals surface area contributed by atoms with E-state index >= 15 is 0 Å². The molecule has 3 fully saturated rings. The van der Waals surface area contributed by atoms with Gasteiger partial charge < -0.3 is 20.4 Å². The summed E-state index contributed by atoms with van der Waals surface area (Å²) in [4.78, 5) is 28.3. The normalized spacial score (nSPS) is 27.3. The first-order valence-electron chi connectivity index (χ1n) is 9.97. The van der Waals surface area contributed by atoms with E-state index in [4.69, 9.17) is 0 Å². The molecular weight excluding hydrogens is 360 g/mol. The van der Waals surface area contributed by atoms with Crippen LogP contribution in [0.1, 0.15) is 25.7 Å². The van der Waals surface area contributed by atoms with Gasteiger partial charge in [0.15, 0.2) is 0 Å². The molecule has 6 nitrogen and oxygen atoms in total. The van der Waals surface area contributed by atoms with E-state index in [1.54, 1.807) is 0 Å². The number of fused-ring (bicyclic) bond motifs is 1. The summed E-state index contributed by atoms with van der Waals surface area (Å²) in [6, 6.07) is 10.9. The second kappa shape index (κ2) is 8.42.